The Labute approximate surface area is 129 Å². The first-order valence-electron chi connectivity index (χ1n) is 6.95. The van der Waals surface area contributed by atoms with Crippen molar-refractivity contribution in [2.75, 3.05) is 11.0 Å². The molecule has 118 valence electrons. The van der Waals surface area contributed by atoms with Crippen LogP contribution in [0.25, 0.3) is 10.9 Å². The molecule has 0 saturated carbocycles. The van der Waals surface area contributed by atoms with Crippen LogP contribution in [-0.2, 0) is 6.18 Å². The summed E-state index contributed by atoms with van der Waals surface area (Å²) in [6.45, 7) is 2.59. The van der Waals surface area contributed by atoms with Gasteiger partial charge in [0.2, 0.25) is 0 Å². The van der Waals surface area contributed by atoms with Crippen molar-refractivity contribution in [2.45, 2.75) is 31.9 Å². The molecule has 2 heterocycles. The Morgan fingerprint density at radius 3 is 2.73 bits per heavy atom. The van der Waals surface area contributed by atoms with Crippen LogP contribution in [0.4, 0.5) is 23.2 Å². The van der Waals surface area contributed by atoms with E-state index in [4.69, 9.17) is 11.8 Å². The van der Waals surface area contributed by atoms with E-state index in [0.29, 0.717) is 24.0 Å². The molecule has 0 radical (unpaired) electrons. The second kappa shape index (κ2) is 5.26. The summed E-state index contributed by atoms with van der Waals surface area (Å²) in [6, 6.07) is 2.90. The van der Waals surface area contributed by atoms with E-state index in [1.165, 1.54) is 16.6 Å². The van der Waals surface area contributed by atoms with Crippen LogP contribution in [0.2, 0.25) is 0 Å². The zero-order valence-electron chi connectivity index (χ0n) is 11.7. The van der Waals surface area contributed by atoms with E-state index in [0.717, 1.165) is 12.8 Å². The fraction of sp³-hybridized carbons (Fsp3) is 0.400. The van der Waals surface area contributed by atoms with Crippen molar-refractivity contribution in [3.8, 4) is 0 Å². The highest BCUT2D eigenvalue weighted by atomic mass is 35.5. The zero-order chi connectivity index (χ0) is 16.1. The molecule has 1 aliphatic heterocycles. The first-order chi connectivity index (χ1) is 10.3. The van der Waals surface area contributed by atoms with Gasteiger partial charge in [-0.15, -0.1) is 0 Å². The smallest absolute Gasteiger partial charge is 0.285 e. The van der Waals surface area contributed by atoms with E-state index in [1.54, 1.807) is 0 Å². The highest BCUT2D eigenvalue weighted by Crippen LogP contribution is 2.43. The number of alkyl halides is 3. The van der Waals surface area contributed by atoms with E-state index < -0.39 is 17.6 Å². The van der Waals surface area contributed by atoms with Crippen molar-refractivity contribution in [2.24, 2.45) is 0 Å². The van der Waals surface area contributed by atoms with E-state index in [9.17, 15) is 17.6 Å². The predicted molar refractivity (Wildman–Crippen MR) is 77.6 cm³/mol. The topological polar surface area (TPSA) is 16.1 Å². The Balaban J connectivity index is 2.34. The monoisotopic (exact) mass is 332 g/mol. The van der Waals surface area contributed by atoms with Gasteiger partial charge in [0, 0.05) is 23.7 Å². The molecule has 7 heteroatoms. The molecular formula is C15H13ClF4N2. The molecule has 0 fully saturated rings. The summed E-state index contributed by atoms with van der Waals surface area (Å²) in [5.41, 5.74) is 0.199. The summed E-state index contributed by atoms with van der Waals surface area (Å²) >= 11 is 6.14. The Morgan fingerprint density at radius 1 is 1.36 bits per heavy atom. The van der Waals surface area contributed by atoms with Gasteiger partial charge in [-0.2, -0.15) is 13.2 Å². The fourth-order valence-electron chi connectivity index (χ4n) is 3.01. The third-order valence-corrected chi connectivity index (χ3v) is 4.47. The number of benzene rings is 1. The third-order valence-electron chi connectivity index (χ3n) is 4.12. The molecule has 1 aromatic heterocycles. The lowest BCUT2D eigenvalue weighted by Gasteiger charge is -2.31. The summed E-state index contributed by atoms with van der Waals surface area (Å²) in [5.74, 6) is -1.25. The second-order valence-corrected chi connectivity index (χ2v) is 5.79. The quantitative estimate of drug-likeness (QED) is 0.523. The van der Waals surface area contributed by atoms with E-state index in [1.807, 2.05) is 6.92 Å². The summed E-state index contributed by atoms with van der Waals surface area (Å²) in [7, 11) is 0. The van der Waals surface area contributed by atoms with Crippen molar-refractivity contribution in [3.05, 3.63) is 35.3 Å². The maximum absolute atomic E-state index is 13.7. The molecule has 1 aromatic carbocycles. The number of aromatic nitrogens is 1. The van der Waals surface area contributed by atoms with Gasteiger partial charge in [-0.25, -0.2) is 4.39 Å². The molecule has 3 rings (SSSR count). The van der Waals surface area contributed by atoms with Crippen molar-refractivity contribution in [3.63, 3.8) is 0 Å². The molecule has 2 aromatic rings. The van der Waals surface area contributed by atoms with Crippen molar-refractivity contribution in [1.29, 1.82) is 0 Å². The summed E-state index contributed by atoms with van der Waals surface area (Å²) in [6.07, 6.45) is -2.62. The minimum Gasteiger partial charge on any atom is -0.285 e. The van der Waals surface area contributed by atoms with E-state index >= 15 is 0 Å². The Kier molecular flexibility index (Phi) is 3.67. The van der Waals surface area contributed by atoms with E-state index in [2.05, 4.69) is 4.98 Å². The maximum Gasteiger partial charge on any atom is 0.419 e. The lowest BCUT2D eigenvalue weighted by atomic mass is 9.87. The van der Waals surface area contributed by atoms with Crippen LogP contribution in [0.5, 0.6) is 0 Å². The molecule has 0 bridgehead atoms. The molecule has 0 aliphatic carbocycles. The Hall–Kier alpha value is -1.56. The van der Waals surface area contributed by atoms with Crippen LogP contribution in [0, 0.1) is 5.82 Å². The number of nitrogens with zero attached hydrogens (tertiary/aromatic N) is 2. The van der Waals surface area contributed by atoms with Gasteiger partial charge >= 0.3 is 6.18 Å². The Bertz CT molecular complexity index is 730. The molecule has 0 amide bonds. The average molecular weight is 333 g/mol. The van der Waals surface area contributed by atoms with Crippen molar-refractivity contribution < 1.29 is 17.6 Å². The number of rotatable bonds is 1. The Morgan fingerprint density at radius 2 is 2.09 bits per heavy atom. The van der Waals surface area contributed by atoms with Gasteiger partial charge in [0.05, 0.1) is 17.4 Å². The van der Waals surface area contributed by atoms with Crippen LogP contribution >= 0.6 is 11.8 Å². The number of fused-ring (bicyclic) bond motifs is 2. The molecule has 22 heavy (non-hydrogen) atoms. The van der Waals surface area contributed by atoms with Gasteiger partial charge < -0.3 is 0 Å². The van der Waals surface area contributed by atoms with Crippen LogP contribution < -0.4 is 4.42 Å². The molecule has 0 spiro atoms. The molecule has 0 N–H and O–H groups in total. The van der Waals surface area contributed by atoms with Gasteiger partial charge in [-0.3, -0.25) is 9.40 Å². The molecule has 1 unspecified atom stereocenters. The number of halogens is 5. The standard InChI is InChI=1S/C15H13ClF4N2/c1-2-8-3-4-22(16)13-6-12-10(5-9(8)13)14(15(18,19)20)11(17)7-21-12/h5-8H,2-4H2,1H3. The molecule has 1 atom stereocenters. The molecule has 1 aliphatic rings. The van der Waals surface area contributed by atoms with Crippen LogP contribution in [0.1, 0.15) is 36.8 Å². The summed E-state index contributed by atoms with van der Waals surface area (Å²) < 4.78 is 54.7. The number of pyridine rings is 1. The minimum absolute atomic E-state index is 0.0925. The van der Waals surface area contributed by atoms with Crippen LogP contribution in [0.15, 0.2) is 18.3 Å². The lowest BCUT2D eigenvalue weighted by molar-refractivity contribution is -0.138. The predicted octanol–water partition coefficient (Wildman–Crippen LogP) is 5.25. The first kappa shape index (κ1) is 15.3. The van der Waals surface area contributed by atoms with Crippen molar-refractivity contribution in [1.82, 2.24) is 4.98 Å². The van der Waals surface area contributed by atoms with Crippen LogP contribution in [0.3, 0.4) is 0 Å². The SMILES string of the molecule is CCC1CCN(Cl)c2cc3ncc(F)c(C(F)(F)F)c3cc21. The fourth-order valence-corrected chi connectivity index (χ4v) is 3.26. The summed E-state index contributed by atoms with van der Waals surface area (Å²) in [5, 5.41) is -0.211. The summed E-state index contributed by atoms with van der Waals surface area (Å²) in [4.78, 5) is 3.79. The van der Waals surface area contributed by atoms with Gasteiger partial charge in [-0.1, -0.05) is 6.92 Å². The van der Waals surface area contributed by atoms with Gasteiger partial charge in [0.1, 0.15) is 5.56 Å². The van der Waals surface area contributed by atoms with Gasteiger partial charge in [0.25, 0.3) is 0 Å². The second-order valence-electron chi connectivity index (χ2n) is 5.39. The van der Waals surface area contributed by atoms with Gasteiger partial charge in [-0.05, 0) is 36.5 Å². The number of hydrogen-bond donors (Lipinski definition) is 0. The number of anilines is 1. The third kappa shape index (κ3) is 2.39. The molecule has 0 saturated heterocycles. The zero-order valence-corrected chi connectivity index (χ0v) is 12.5. The van der Waals surface area contributed by atoms with Crippen LogP contribution in [-0.4, -0.2) is 11.5 Å². The lowest BCUT2D eigenvalue weighted by Crippen LogP contribution is -2.23. The first-order valence-corrected chi connectivity index (χ1v) is 7.29. The van der Waals surface area contributed by atoms with E-state index in [-0.39, 0.29) is 16.8 Å². The minimum atomic E-state index is -4.77. The average Bonchev–Trinajstić information content (AvgIpc) is 2.44. The van der Waals surface area contributed by atoms with Gasteiger partial charge in [0.15, 0.2) is 5.82 Å². The molecular weight excluding hydrogens is 320 g/mol. The molecule has 2 nitrogen and oxygen atoms in total. The normalized spacial score (nSPS) is 18.6. The maximum atomic E-state index is 13.7. The highest BCUT2D eigenvalue weighted by Gasteiger charge is 2.37. The highest BCUT2D eigenvalue weighted by molar-refractivity contribution is 6.26. The van der Waals surface area contributed by atoms with Crippen molar-refractivity contribution >= 4 is 28.4 Å². The number of hydrogen-bond acceptors (Lipinski definition) is 2. The largest absolute Gasteiger partial charge is 0.419 e.